The Morgan fingerprint density at radius 3 is 2.77 bits per heavy atom. The van der Waals surface area contributed by atoms with Crippen molar-refractivity contribution in [1.29, 1.82) is 0 Å². The van der Waals surface area contributed by atoms with E-state index in [-0.39, 0.29) is 5.56 Å². The number of hydrogen-bond acceptors (Lipinski definition) is 6. The molecule has 3 aromatic heterocycles. The Labute approximate surface area is 172 Å². The summed E-state index contributed by atoms with van der Waals surface area (Å²) in [4.78, 5) is 26.6. The molecule has 2 bridgehead atoms. The monoisotopic (exact) mass is 400 g/mol. The van der Waals surface area contributed by atoms with Crippen molar-refractivity contribution < 1.29 is 5.11 Å². The first kappa shape index (κ1) is 18.3. The number of nitrogens with one attached hydrogen (secondary N) is 1. The minimum absolute atomic E-state index is 0.187. The number of anilines is 2. The van der Waals surface area contributed by atoms with Crippen LogP contribution in [0.4, 0.5) is 11.6 Å². The van der Waals surface area contributed by atoms with Gasteiger partial charge in [-0.1, -0.05) is 36.4 Å². The molecule has 0 radical (unpaired) electrons. The van der Waals surface area contributed by atoms with Crippen LogP contribution in [-0.2, 0) is 6.54 Å². The first-order valence-electron chi connectivity index (χ1n) is 9.82. The lowest BCUT2D eigenvalue weighted by molar-refractivity contribution is 0.164. The van der Waals surface area contributed by atoms with Gasteiger partial charge < -0.3 is 10.4 Å². The van der Waals surface area contributed by atoms with Crippen LogP contribution < -0.4 is 10.9 Å². The van der Waals surface area contributed by atoms with E-state index in [1.807, 2.05) is 48.6 Å². The van der Waals surface area contributed by atoms with Crippen molar-refractivity contribution in [3.63, 3.8) is 0 Å². The van der Waals surface area contributed by atoms with Gasteiger partial charge >= 0.3 is 0 Å². The van der Waals surface area contributed by atoms with Gasteiger partial charge in [-0.15, -0.1) is 0 Å². The Balaban J connectivity index is 1.71. The molecule has 1 aliphatic rings. The fraction of sp³-hybridized carbons (Fsp3) is 0.182. The number of pyridine rings is 1. The predicted molar refractivity (Wildman–Crippen MR) is 114 cm³/mol. The molecule has 1 unspecified atom stereocenters. The van der Waals surface area contributed by atoms with E-state index < -0.39 is 6.10 Å². The van der Waals surface area contributed by atoms with Crippen LogP contribution in [-0.4, -0.2) is 29.4 Å². The molecular formula is C22H20N6O2. The Bertz CT molecular complexity index is 1290. The second kappa shape index (κ2) is 7.57. The van der Waals surface area contributed by atoms with Crippen molar-refractivity contribution in [2.45, 2.75) is 25.5 Å². The van der Waals surface area contributed by atoms with Crippen LogP contribution in [0.15, 0.2) is 71.7 Å². The number of nitrogens with zero attached hydrogens (tertiary/aromatic N) is 5. The third-order valence-corrected chi connectivity index (χ3v) is 5.07. The number of hydrogen-bond donors (Lipinski definition) is 2. The first-order chi connectivity index (χ1) is 14.7. The first-order valence-corrected chi connectivity index (χ1v) is 9.82. The highest BCUT2D eigenvalue weighted by molar-refractivity contribution is 5.77. The summed E-state index contributed by atoms with van der Waals surface area (Å²) < 4.78 is 3.29. The Morgan fingerprint density at radius 2 is 1.90 bits per heavy atom. The van der Waals surface area contributed by atoms with E-state index in [1.54, 1.807) is 21.5 Å². The number of aromatic nitrogens is 5. The second-order valence-corrected chi connectivity index (χ2v) is 7.11. The van der Waals surface area contributed by atoms with Crippen LogP contribution in [0.2, 0.25) is 0 Å². The molecule has 8 heteroatoms. The van der Waals surface area contributed by atoms with E-state index in [2.05, 4.69) is 20.3 Å². The van der Waals surface area contributed by atoms with E-state index in [0.717, 1.165) is 5.69 Å². The average Bonchev–Trinajstić information content (AvgIpc) is 3.04. The SMILES string of the molecule is O=c1c2cnc(Nc3ccccc3)nc2n2n1C/C=C\CCC(O)c1cccc-2n1. The van der Waals surface area contributed by atoms with Gasteiger partial charge in [0.15, 0.2) is 11.5 Å². The molecule has 1 aliphatic heterocycles. The molecule has 30 heavy (non-hydrogen) atoms. The van der Waals surface area contributed by atoms with Gasteiger partial charge in [-0.25, -0.2) is 19.3 Å². The molecule has 0 saturated carbocycles. The van der Waals surface area contributed by atoms with Crippen molar-refractivity contribution in [3.05, 3.63) is 82.9 Å². The van der Waals surface area contributed by atoms with Gasteiger partial charge in [0.1, 0.15) is 5.39 Å². The number of allylic oxidation sites excluding steroid dienone is 2. The molecule has 5 rings (SSSR count). The molecule has 1 aromatic carbocycles. The van der Waals surface area contributed by atoms with E-state index >= 15 is 0 Å². The summed E-state index contributed by atoms with van der Waals surface area (Å²) in [6, 6.07) is 15.0. The van der Waals surface area contributed by atoms with Crippen LogP contribution in [0.1, 0.15) is 24.6 Å². The predicted octanol–water partition coefficient (Wildman–Crippen LogP) is 3.10. The Kier molecular flexibility index (Phi) is 4.61. The fourth-order valence-electron chi connectivity index (χ4n) is 3.57. The highest BCUT2D eigenvalue weighted by atomic mass is 16.3. The molecule has 0 aliphatic carbocycles. The normalized spacial score (nSPS) is 17.2. The molecule has 1 atom stereocenters. The van der Waals surface area contributed by atoms with Gasteiger partial charge in [0.25, 0.3) is 5.56 Å². The lowest BCUT2D eigenvalue weighted by atomic mass is 10.1. The van der Waals surface area contributed by atoms with Crippen LogP contribution in [0.25, 0.3) is 16.9 Å². The number of para-hydroxylation sites is 1. The Hall–Kier alpha value is -3.78. The molecule has 0 fully saturated rings. The van der Waals surface area contributed by atoms with Gasteiger partial charge in [-0.2, -0.15) is 4.98 Å². The maximum atomic E-state index is 13.1. The minimum atomic E-state index is -0.667. The van der Waals surface area contributed by atoms with Crippen LogP contribution in [0, 0.1) is 0 Å². The Morgan fingerprint density at radius 1 is 1.03 bits per heavy atom. The van der Waals surface area contributed by atoms with Gasteiger partial charge in [0.2, 0.25) is 5.95 Å². The van der Waals surface area contributed by atoms with E-state index in [4.69, 9.17) is 0 Å². The third-order valence-electron chi connectivity index (χ3n) is 5.07. The molecule has 8 nitrogen and oxygen atoms in total. The molecule has 2 N–H and O–H groups in total. The quantitative estimate of drug-likeness (QED) is 0.502. The largest absolute Gasteiger partial charge is 0.387 e. The van der Waals surface area contributed by atoms with Crippen molar-refractivity contribution in [2.75, 3.05) is 5.32 Å². The molecule has 4 heterocycles. The summed E-state index contributed by atoms with van der Waals surface area (Å²) in [6.07, 6.45) is 6.04. The third kappa shape index (κ3) is 3.27. The zero-order valence-corrected chi connectivity index (χ0v) is 16.1. The number of benzene rings is 1. The average molecular weight is 400 g/mol. The number of rotatable bonds is 2. The summed E-state index contributed by atoms with van der Waals surface area (Å²) in [6.45, 7) is 0.374. The maximum absolute atomic E-state index is 13.1. The summed E-state index contributed by atoms with van der Waals surface area (Å²) in [5.74, 6) is 0.911. The summed E-state index contributed by atoms with van der Waals surface area (Å²) in [5.41, 5.74) is 1.69. The van der Waals surface area contributed by atoms with Crippen LogP contribution in [0.5, 0.6) is 0 Å². The topological polar surface area (TPSA) is 97.9 Å². The minimum Gasteiger partial charge on any atom is -0.387 e. The van der Waals surface area contributed by atoms with Crippen molar-refractivity contribution >= 4 is 22.7 Å². The van der Waals surface area contributed by atoms with Gasteiger partial charge in [-0.05, 0) is 37.1 Å². The molecule has 0 spiro atoms. The van der Waals surface area contributed by atoms with Crippen molar-refractivity contribution in [2.24, 2.45) is 0 Å². The van der Waals surface area contributed by atoms with Gasteiger partial charge in [-0.3, -0.25) is 4.79 Å². The second-order valence-electron chi connectivity index (χ2n) is 7.11. The fourth-order valence-corrected chi connectivity index (χ4v) is 3.57. The van der Waals surface area contributed by atoms with Gasteiger partial charge in [0.05, 0.1) is 18.3 Å². The van der Waals surface area contributed by atoms with E-state index in [9.17, 15) is 9.90 Å². The molecule has 150 valence electrons. The highest BCUT2D eigenvalue weighted by Crippen LogP contribution is 2.22. The zero-order chi connectivity index (χ0) is 20.5. The number of aliphatic hydroxyl groups is 1. The highest BCUT2D eigenvalue weighted by Gasteiger charge is 2.19. The van der Waals surface area contributed by atoms with Gasteiger partial charge in [0, 0.05) is 11.9 Å². The lowest BCUT2D eigenvalue weighted by Crippen LogP contribution is -2.22. The number of fused-ring (bicyclic) bond motifs is 6. The molecule has 4 aromatic rings. The standard InChI is InChI=1S/C22H20N6O2/c29-18-11-5-2-6-13-27-21(30)16-14-23-22(24-15-8-3-1-4-9-15)26-20(16)28(27)19-12-7-10-17(18)25-19/h1-4,6-10,12,14,18,29H,5,11,13H2,(H,23,24,26)/b6-2-. The van der Waals surface area contributed by atoms with Crippen molar-refractivity contribution in [1.82, 2.24) is 24.3 Å². The summed E-state index contributed by atoms with van der Waals surface area (Å²) in [7, 11) is 0. The van der Waals surface area contributed by atoms with Crippen LogP contribution in [0.3, 0.4) is 0 Å². The molecular weight excluding hydrogens is 380 g/mol. The van der Waals surface area contributed by atoms with E-state index in [0.29, 0.717) is 47.9 Å². The lowest BCUT2D eigenvalue weighted by Gasteiger charge is -2.13. The summed E-state index contributed by atoms with van der Waals surface area (Å²) >= 11 is 0. The van der Waals surface area contributed by atoms with Crippen LogP contribution >= 0.6 is 0 Å². The maximum Gasteiger partial charge on any atom is 0.278 e. The summed E-state index contributed by atoms with van der Waals surface area (Å²) in [5, 5.41) is 14.0. The number of aliphatic hydroxyl groups excluding tert-OH is 1. The zero-order valence-electron chi connectivity index (χ0n) is 16.1. The molecule has 0 amide bonds. The van der Waals surface area contributed by atoms with Crippen molar-refractivity contribution in [3.8, 4) is 5.82 Å². The smallest absolute Gasteiger partial charge is 0.278 e. The molecule has 0 saturated heterocycles. The van der Waals surface area contributed by atoms with E-state index in [1.165, 1.54) is 6.20 Å².